The number of furan rings is 1. The summed E-state index contributed by atoms with van der Waals surface area (Å²) in [6.07, 6.45) is 3.09. The largest absolute Gasteiger partial charge is 0.503 e. The van der Waals surface area contributed by atoms with E-state index in [9.17, 15) is 19.1 Å². The number of ketones is 1. The molecule has 0 radical (unpaired) electrons. The summed E-state index contributed by atoms with van der Waals surface area (Å²) in [6.45, 7) is 2.70. The standard InChI is InChI=1S/C33H28FN3O5S2/c1-2-3-8-17-41-23-15-13-20(14-16-23)28-27(29(38)26-18-21-9-5-7-12-25(21)42-26)30(39)31(40)37(28)32-35-36-33(44-32)43-19-22-10-4-6-11-24(22)34/h4-7,9-16,18,28,39H,2-3,8,17,19H2,1H3. The Kier molecular flexibility index (Phi) is 8.76. The van der Waals surface area contributed by atoms with Crippen LogP contribution >= 0.6 is 23.1 Å². The number of Topliss-reactive ketones (excluding diaryl/α,β-unsaturated/α-hetero) is 1. The highest BCUT2D eigenvalue weighted by atomic mass is 32.2. The Morgan fingerprint density at radius 1 is 1.07 bits per heavy atom. The fourth-order valence-corrected chi connectivity index (χ4v) is 6.83. The number of ether oxygens (including phenoxy) is 1. The average Bonchev–Trinajstić information content (AvgIpc) is 3.75. The molecule has 0 fully saturated rings. The second kappa shape index (κ2) is 13.0. The van der Waals surface area contributed by atoms with Crippen molar-refractivity contribution in [3.8, 4) is 5.75 Å². The van der Waals surface area contributed by atoms with Gasteiger partial charge >= 0.3 is 0 Å². The summed E-state index contributed by atoms with van der Waals surface area (Å²) in [4.78, 5) is 28.8. The summed E-state index contributed by atoms with van der Waals surface area (Å²) >= 11 is 2.40. The number of rotatable bonds is 12. The summed E-state index contributed by atoms with van der Waals surface area (Å²) in [5.74, 6) is -1.42. The number of hydrogen-bond donors (Lipinski definition) is 1. The predicted molar refractivity (Wildman–Crippen MR) is 168 cm³/mol. The molecular weight excluding hydrogens is 602 g/mol. The van der Waals surface area contributed by atoms with Gasteiger partial charge in [0.1, 0.15) is 17.1 Å². The van der Waals surface area contributed by atoms with Crippen LogP contribution in [0.1, 0.15) is 53.9 Å². The smallest absolute Gasteiger partial charge is 0.296 e. The SMILES string of the molecule is CCCCCOc1ccc(C2C(C(=O)c3cc4ccccc4o3)=C(O)C(=O)N2c2nnc(SCc3ccccc3F)s2)cc1. The Balaban J connectivity index is 1.33. The van der Waals surface area contributed by atoms with Crippen LogP contribution in [0.25, 0.3) is 11.0 Å². The summed E-state index contributed by atoms with van der Waals surface area (Å²) in [5, 5.41) is 20.5. The molecule has 11 heteroatoms. The van der Waals surface area contributed by atoms with E-state index in [0.29, 0.717) is 39.2 Å². The van der Waals surface area contributed by atoms with E-state index in [2.05, 4.69) is 17.1 Å². The molecule has 1 unspecified atom stereocenters. The van der Waals surface area contributed by atoms with E-state index in [1.807, 2.05) is 12.1 Å². The highest BCUT2D eigenvalue weighted by Gasteiger charge is 2.46. The van der Waals surface area contributed by atoms with Crippen LogP contribution in [0.2, 0.25) is 0 Å². The molecule has 1 amide bonds. The third-order valence-electron chi connectivity index (χ3n) is 7.23. The van der Waals surface area contributed by atoms with E-state index in [0.717, 1.165) is 36.0 Å². The van der Waals surface area contributed by atoms with Crippen molar-refractivity contribution in [1.29, 1.82) is 0 Å². The molecule has 0 saturated carbocycles. The molecule has 224 valence electrons. The fourth-order valence-electron chi connectivity index (χ4n) is 4.98. The number of halogens is 1. The molecular formula is C33H28FN3O5S2. The molecule has 1 aliphatic heterocycles. The fraction of sp³-hybridized carbons (Fsp3) is 0.212. The molecule has 3 heterocycles. The monoisotopic (exact) mass is 629 g/mol. The number of unbranched alkanes of at least 4 members (excludes halogenated alkanes) is 2. The number of para-hydroxylation sites is 1. The van der Waals surface area contributed by atoms with Crippen molar-refractivity contribution in [1.82, 2.24) is 10.2 Å². The van der Waals surface area contributed by atoms with E-state index in [-0.39, 0.29) is 22.3 Å². The Hall–Kier alpha value is -4.48. The lowest BCUT2D eigenvalue weighted by Crippen LogP contribution is -2.31. The number of nitrogens with zero attached hydrogens (tertiary/aromatic N) is 3. The zero-order valence-electron chi connectivity index (χ0n) is 23.7. The lowest BCUT2D eigenvalue weighted by Gasteiger charge is -2.24. The Morgan fingerprint density at radius 2 is 1.84 bits per heavy atom. The van der Waals surface area contributed by atoms with Gasteiger partial charge in [-0.1, -0.05) is 91.4 Å². The maximum atomic E-state index is 14.2. The van der Waals surface area contributed by atoms with E-state index < -0.39 is 23.5 Å². The lowest BCUT2D eigenvalue weighted by molar-refractivity contribution is -0.117. The molecule has 5 aromatic rings. The van der Waals surface area contributed by atoms with Crippen LogP contribution in [-0.2, 0) is 10.5 Å². The van der Waals surface area contributed by atoms with Crippen molar-refractivity contribution in [3.05, 3.63) is 113 Å². The molecule has 6 rings (SSSR count). The van der Waals surface area contributed by atoms with Gasteiger partial charge in [-0.2, -0.15) is 0 Å². The third-order valence-corrected chi connectivity index (χ3v) is 9.33. The lowest BCUT2D eigenvalue weighted by atomic mass is 9.95. The van der Waals surface area contributed by atoms with Gasteiger partial charge in [0.2, 0.25) is 10.9 Å². The minimum absolute atomic E-state index is 0.00155. The molecule has 2 aromatic heterocycles. The second-order valence-corrected chi connectivity index (χ2v) is 12.4. The quantitative estimate of drug-likeness (QED) is 0.0639. The molecule has 0 aliphatic carbocycles. The molecule has 3 aromatic carbocycles. The van der Waals surface area contributed by atoms with Gasteiger partial charge < -0.3 is 14.3 Å². The van der Waals surface area contributed by atoms with E-state index in [1.165, 1.54) is 22.7 Å². The number of aliphatic hydroxyl groups excluding tert-OH is 1. The first-order valence-corrected chi connectivity index (χ1v) is 16.0. The van der Waals surface area contributed by atoms with E-state index in [4.69, 9.17) is 9.15 Å². The van der Waals surface area contributed by atoms with Crippen LogP contribution in [0.15, 0.2) is 99.0 Å². The normalized spacial score (nSPS) is 15.0. The summed E-state index contributed by atoms with van der Waals surface area (Å²) < 4.78 is 26.3. The molecule has 8 nitrogen and oxygen atoms in total. The number of carbonyl (C=O) groups excluding carboxylic acids is 2. The molecule has 0 spiro atoms. The number of thioether (sulfide) groups is 1. The molecule has 1 N–H and O–H groups in total. The van der Waals surface area contributed by atoms with Crippen molar-refractivity contribution in [2.45, 2.75) is 42.3 Å². The minimum Gasteiger partial charge on any atom is -0.503 e. The maximum Gasteiger partial charge on any atom is 0.296 e. The van der Waals surface area contributed by atoms with Crippen molar-refractivity contribution in [3.63, 3.8) is 0 Å². The number of aliphatic hydroxyl groups is 1. The number of fused-ring (bicyclic) bond motifs is 1. The summed E-state index contributed by atoms with van der Waals surface area (Å²) in [5.41, 5.74) is 1.47. The van der Waals surface area contributed by atoms with Crippen LogP contribution in [0.3, 0.4) is 0 Å². The number of carbonyl (C=O) groups is 2. The van der Waals surface area contributed by atoms with Gasteiger partial charge in [0.25, 0.3) is 5.91 Å². The first-order chi connectivity index (χ1) is 21.4. The van der Waals surface area contributed by atoms with Gasteiger partial charge in [-0.25, -0.2) is 4.39 Å². The predicted octanol–water partition coefficient (Wildman–Crippen LogP) is 8.07. The molecule has 0 bridgehead atoms. The van der Waals surface area contributed by atoms with Crippen LogP contribution in [0, 0.1) is 5.82 Å². The van der Waals surface area contributed by atoms with Crippen molar-refractivity contribution >= 4 is 50.9 Å². The van der Waals surface area contributed by atoms with Crippen molar-refractivity contribution in [2.24, 2.45) is 0 Å². The van der Waals surface area contributed by atoms with E-state index in [1.54, 1.807) is 60.7 Å². The third kappa shape index (κ3) is 5.97. The van der Waals surface area contributed by atoms with Gasteiger partial charge in [-0.3, -0.25) is 14.5 Å². The molecule has 1 atom stereocenters. The van der Waals surface area contributed by atoms with Crippen molar-refractivity contribution in [2.75, 3.05) is 11.5 Å². The highest BCUT2D eigenvalue weighted by Crippen LogP contribution is 2.44. The molecule has 0 saturated heterocycles. The van der Waals surface area contributed by atoms with Crippen LogP contribution in [0.5, 0.6) is 5.75 Å². The first-order valence-electron chi connectivity index (χ1n) is 14.2. The van der Waals surface area contributed by atoms with Crippen LogP contribution in [-0.4, -0.2) is 33.6 Å². The average molecular weight is 630 g/mol. The Morgan fingerprint density at radius 3 is 2.61 bits per heavy atom. The van der Waals surface area contributed by atoms with Crippen LogP contribution < -0.4 is 9.64 Å². The number of anilines is 1. The number of hydrogen-bond acceptors (Lipinski definition) is 9. The summed E-state index contributed by atoms with van der Waals surface area (Å²) in [7, 11) is 0. The zero-order valence-corrected chi connectivity index (χ0v) is 25.4. The Bertz CT molecular complexity index is 1820. The van der Waals surface area contributed by atoms with Gasteiger partial charge in [-0.05, 0) is 47.9 Å². The maximum absolute atomic E-state index is 14.2. The number of benzene rings is 3. The topological polar surface area (TPSA) is 106 Å². The number of amides is 1. The van der Waals surface area contributed by atoms with Crippen molar-refractivity contribution < 1.29 is 28.2 Å². The van der Waals surface area contributed by atoms with E-state index >= 15 is 0 Å². The molecule has 1 aliphatic rings. The van der Waals surface area contributed by atoms with Gasteiger partial charge in [0, 0.05) is 11.1 Å². The number of aromatic nitrogens is 2. The summed E-state index contributed by atoms with van der Waals surface area (Å²) in [6, 6.07) is 21.3. The zero-order chi connectivity index (χ0) is 30.6. The van der Waals surface area contributed by atoms with Gasteiger partial charge in [-0.15, -0.1) is 10.2 Å². The van der Waals surface area contributed by atoms with Crippen LogP contribution in [0.4, 0.5) is 9.52 Å². The molecule has 44 heavy (non-hydrogen) atoms. The minimum atomic E-state index is -1.00. The second-order valence-electron chi connectivity index (χ2n) is 10.2. The highest BCUT2D eigenvalue weighted by molar-refractivity contribution is 8.00. The van der Waals surface area contributed by atoms with Gasteiger partial charge in [0.05, 0.1) is 18.2 Å². The first kappa shape index (κ1) is 29.6. The Labute approximate surface area is 261 Å². The van der Waals surface area contributed by atoms with Gasteiger partial charge in [0.15, 0.2) is 15.9 Å².